The van der Waals surface area contributed by atoms with E-state index in [-0.39, 0.29) is 30.3 Å². The number of hydrogen-bond donors (Lipinski definition) is 2. The molecule has 0 saturated heterocycles. The van der Waals surface area contributed by atoms with E-state index in [0.29, 0.717) is 33.7 Å². The standard InChI is InChI=1S/C22H25N7O4S/c1-5-31-21(30)17-13(4)33-20-18(17)19(23)25-15(26-20)10-34-22-28-27-16(29(22)24)9-32-14-7-11(2)6-12(3)8-14/h6-8H,5,9-10,24H2,1-4H3,(H2,23,25,26). The Morgan fingerprint density at radius 1 is 1.15 bits per heavy atom. The van der Waals surface area contributed by atoms with E-state index in [4.69, 9.17) is 25.5 Å². The Labute approximate surface area is 199 Å². The van der Waals surface area contributed by atoms with Gasteiger partial charge >= 0.3 is 5.97 Å². The number of ether oxygens (including phenoxy) is 2. The lowest BCUT2D eigenvalue weighted by molar-refractivity contribution is 0.0526. The van der Waals surface area contributed by atoms with Gasteiger partial charge in [-0.25, -0.2) is 14.5 Å². The molecule has 34 heavy (non-hydrogen) atoms. The fourth-order valence-electron chi connectivity index (χ4n) is 3.49. The zero-order valence-electron chi connectivity index (χ0n) is 19.3. The molecule has 1 aromatic carbocycles. The molecule has 3 aromatic heterocycles. The summed E-state index contributed by atoms with van der Waals surface area (Å²) in [6.07, 6.45) is 0. The van der Waals surface area contributed by atoms with Crippen LogP contribution in [-0.4, -0.2) is 37.4 Å². The number of fused-ring (bicyclic) bond motifs is 1. The molecule has 0 aliphatic carbocycles. The zero-order chi connectivity index (χ0) is 24.4. The van der Waals surface area contributed by atoms with E-state index < -0.39 is 5.97 Å². The van der Waals surface area contributed by atoms with Gasteiger partial charge in [-0.15, -0.1) is 10.2 Å². The molecule has 4 rings (SSSR count). The first kappa shape index (κ1) is 23.4. The minimum atomic E-state index is -0.525. The summed E-state index contributed by atoms with van der Waals surface area (Å²) in [4.78, 5) is 21.0. The molecule has 0 amide bonds. The van der Waals surface area contributed by atoms with Crippen LogP contribution in [0.15, 0.2) is 27.8 Å². The number of anilines is 1. The molecule has 0 aliphatic rings. The summed E-state index contributed by atoms with van der Waals surface area (Å²) >= 11 is 1.29. The number of carbonyl (C=O) groups excluding carboxylic acids is 1. The number of benzene rings is 1. The Hall–Kier alpha value is -3.80. The van der Waals surface area contributed by atoms with Gasteiger partial charge in [0.05, 0.1) is 17.7 Å². The number of thioether (sulfide) groups is 1. The van der Waals surface area contributed by atoms with Crippen LogP contribution in [0.1, 0.15) is 45.8 Å². The van der Waals surface area contributed by atoms with Crippen LogP contribution in [0, 0.1) is 20.8 Å². The number of furan rings is 1. The topological polar surface area (TPSA) is 157 Å². The van der Waals surface area contributed by atoms with Gasteiger partial charge in [-0.05, 0) is 51.0 Å². The maximum absolute atomic E-state index is 12.3. The second-order valence-electron chi connectivity index (χ2n) is 7.63. The average Bonchev–Trinajstić information content (AvgIpc) is 3.29. The summed E-state index contributed by atoms with van der Waals surface area (Å²) < 4.78 is 17.9. The monoisotopic (exact) mass is 483 g/mol. The van der Waals surface area contributed by atoms with Crippen LogP contribution >= 0.6 is 11.8 Å². The van der Waals surface area contributed by atoms with Crippen molar-refractivity contribution in [3.8, 4) is 5.75 Å². The van der Waals surface area contributed by atoms with E-state index >= 15 is 0 Å². The molecule has 3 heterocycles. The molecule has 4 aromatic rings. The molecule has 0 atom stereocenters. The lowest BCUT2D eigenvalue weighted by Crippen LogP contribution is -2.16. The Morgan fingerprint density at radius 2 is 1.88 bits per heavy atom. The Morgan fingerprint density at radius 3 is 2.59 bits per heavy atom. The first-order valence-electron chi connectivity index (χ1n) is 10.5. The molecule has 0 radical (unpaired) electrons. The fourth-order valence-corrected chi connectivity index (χ4v) is 4.22. The molecule has 11 nitrogen and oxygen atoms in total. The quantitative estimate of drug-likeness (QED) is 0.215. The molecule has 0 fully saturated rings. The third-order valence-corrected chi connectivity index (χ3v) is 5.85. The predicted octanol–water partition coefficient (Wildman–Crippen LogP) is 3.08. The lowest BCUT2D eigenvalue weighted by atomic mass is 10.1. The number of hydrogen-bond acceptors (Lipinski definition) is 11. The van der Waals surface area contributed by atoms with E-state index in [2.05, 4.69) is 26.2 Å². The van der Waals surface area contributed by atoms with E-state index in [1.54, 1.807) is 13.8 Å². The summed E-state index contributed by atoms with van der Waals surface area (Å²) in [6.45, 7) is 7.80. The average molecular weight is 484 g/mol. The van der Waals surface area contributed by atoms with Crippen LogP contribution in [0.2, 0.25) is 0 Å². The summed E-state index contributed by atoms with van der Waals surface area (Å²) in [5, 5.41) is 9.05. The van der Waals surface area contributed by atoms with Gasteiger partial charge in [-0.3, -0.25) is 0 Å². The van der Waals surface area contributed by atoms with Gasteiger partial charge < -0.3 is 25.5 Å². The number of rotatable bonds is 8. The number of nitrogen functional groups attached to an aromatic ring is 2. The third kappa shape index (κ3) is 4.76. The Bertz CT molecular complexity index is 1350. The molecular formula is C22H25N7O4S. The highest BCUT2D eigenvalue weighted by atomic mass is 32.2. The van der Waals surface area contributed by atoms with E-state index in [0.717, 1.165) is 16.9 Å². The van der Waals surface area contributed by atoms with Crippen molar-refractivity contribution in [2.24, 2.45) is 0 Å². The van der Waals surface area contributed by atoms with Crippen LogP contribution < -0.4 is 16.3 Å². The highest BCUT2D eigenvalue weighted by molar-refractivity contribution is 7.98. The van der Waals surface area contributed by atoms with Gasteiger partial charge in [0.1, 0.15) is 35.3 Å². The summed E-state index contributed by atoms with van der Waals surface area (Å²) in [5.74, 6) is 8.05. The smallest absolute Gasteiger partial charge is 0.342 e. The van der Waals surface area contributed by atoms with E-state index in [9.17, 15) is 4.79 Å². The zero-order valence-corrected chi connectivity index (χ0v) is 20.1. The lowest BCUT2D eigenvalue weighted by Gasteiger charge is -2.08. The van der Waals surface area contributed by atoms with Crippen molar-refractivity contribution in [2.75, 3.05) is 18.2 Å². The molecule has 0 saturated carbocycles. The van der Waals surface area contributed by atoms with Gasteiger partial charge in [0.25, 0.3) is 0 Å². The second kappa shape index (κ2) is 9.59. The van der Waals surface area contributed by atoms with Gasteiger partial charge in [-0.1, -0.05) is 17.8 Å². The highest BCUT2D eigenvalue weighted by Gasteiger charge is 2.24. The van der Waals surface area contributed by atoms with E-state index in [1.807, 2.05) is 26.0 Å². The number of esters is 1. The Balaban J connectivity index is 1.47. The van der Waals surface area contributed by atoms with E-state index in [1.165, 1.54) is 16.4 Å². The van der Waals surface area contributed by atoms with Crippen LogP contribution in [-0.2, 0) is 17.1 Å². The predicted molar refractivity (Wildman–Crippen MR) is 127 cm³/mol. The molecule has 0 unspecified atom stereocenters. The minimum absolute atomic E-state index is 0.136. The normalized spacial score (nSPS) is 11.2. The van der Waals surface area contributed by atoms with Crippen LogP contribution in [0.3, 0.4) is 0 Å². The molecule has 178 valence electrons. The number of aromatic nitrogens is 5. The SMILES string of the molecule is CCOC(=O)c1c(C)oc2nc(CSc3nnc(COc4cc(C)cc(C)c4)n3N)nc(N)c12. The largest absolute Gasteiger partial charge is 0.486 e. The van der Waals surface area contributed by atoms with Crippen molar-refractivity contribution < 1.29 is 18.7 Å². The van der Waals surface area contributed by atoms with Gasteiger partial charge in [0.2, 0.25) is 10.9 Å². The van der Waals surface area contributed by atoms with Crippen molar-refractivity contribution in [1.82, 2.24) is 24.8 Å². The van der Waals surface area contributed by atoms with Crippen molar-refractivity contribution in [3.63, 3.8) is 0 Å². The first-order chi connectivity index (χ1) is 16.3. The summed E-state index contributed by atoms with van der Waals surface area (Å²) in [7, 11) is 0. The van der Waals surface area contributed by atoms with Gasteiger partial charge in [-0.2, -0.15) is 4.98 Å². The number of aryl methyl sites for hydroxylation is 3. The first-order valence-corrected chi connectivity index (χ1v) is 11.5. The van der Waals surface area contributed by atoms with Crippen molar-refractivity contribution in [1.29, 1.82) is 0 Å². The van der Waals surface area contributed by atoms with Gasteiger partial charge in [0.15, 0.2) is 5.82 Å². The molecule has 0 spiro atoms. The number of nitrogens with zero attached hydrogens (tertiary/aromatic N) is 5. The molecule has 4 N–H and O–H groups in total. The van der Waals surface area contributed by atoms with Crippen molar-refractivity contribution in [3.05, 3.63) is 52.3 Å². The number of nitrogens with two attached hydrogens (primary N) is 2. The minimum Gasteiger partial charge on any atom is -0.486 e. The molecule has 12 heteroatoms. The maximum Gasteiger partial charge on any atom is 0.342 e. The summed E-state index contributed by atoms with van der Waals surface area (Å²) in [5.41, 5.74) is 8.80. The van der Waals surface area contributed by atoms with Crippen LogP contribution in [0.5, 0.6) is 5.75 Å². The van der Waals surface area contributed by atoms with Crippen LogP contribution in [0.4, 0.5) is 5.82 Å². The van der Waals surface area contributed by atoms with Crippen LogP contribution in [0.25, 0.3) is 11.1 Å². The highest BCUT2D eigenvalue weighted by Crippen LogP contribution is 2.30. The van der Waals surface area contributed by atoms with Gasteiger partial charge in [0, 0.05) is 0 Å². The summed E-state index contributed by atoms with van der Waals surface area (Å²) in [6, 6.07) is 5.96. The fraction of sp³-hybridized carbons (Fsp3) is 0.318. The molecule has 0 aliphatic heterocycles. The van der Waals surface area contributed by atoms with Crippen molar-refractivity contribution in [2.45, 2.75) is 45.2 Å². The van der Waals surface area contributed by atoms with Crippen molar-refractivity contribution >= 4 is 34.6 Å². The molecular weight excluding hydrogens is 458 g/mol. The Kier molecular flexibility index (Phi) is 6.59. The number of carbonyl (C=O) groups is 1. The third-order valence-electron chi connectivity index (χ3n) is 4.91. The maximum atomic E-state index is 12.3. The second-order valence-corrected chi connectivity index (χ2v) is 8.57. The molecule has 0 bridgehead atoms.